The number of nitrogens with zero attached hydrogens (tertiary/aromatic N) is 1. The Labute approximate surface area is 132 Å². The molecule has 3 fully saturated rings. The molecule has 21 heavy (non-hydrogen) atoms. The second-order valence-corrected chi connectivity index (χ2v) is 8.25. The van der Waals surface area contributed by atoms with Gasteiger partial charge in [0.1, 0.15) is 0 Å². The van der Waals surface area contributed by atoms with Gasteiger partial charge >= 0.3 is 0 Å². The minimum Gasteiger partial charge on any atom is -0.312 e. The fraction of sp³-hybridized carbons (Fsp3) is 1.00. The molecular weight excluding hydrogens is 256 g/mol. The minimum atomic E-state index is 0.761. The van der Waals surface area contributed by atoms with E-state index in [9.17, 15) is 0 Å². The summed E-state index contributed by atoms with van der Waals surface area (Å²) >= 11 is 0. The van der Waals surface area contributed by atoms with E-state index in [2.05, 4.69) is 24.1 Å². The largest absolute Gasteiger partial charge is 0.312 e. The maximum atomic E-state index is 3.95. The number of likely N-dealkylation sites (tertiary alicyclic amines) is 1. The second-order valence-electron chi connectivity index (χ2n) is 8.25. The fourth-order valence-corrected chi connectivity index (χ4v) is 4.55. The number of hydrogen-bond acceptors (Lipinski definition) is 2. The number of nitrogens with one attached hydrogen (secondary N) is 1. The van der Waals surface area contributed by atoms with Crippen molar-refractivity contribution in [2.24, 2.45) is 17.8 Å². The van der Waals surface area contributed by atoms with Gasteiger partial charge in [-0.15, -0.1) is 0 Å². The van der Waals surface area contributed by atoms with Crippen molar-refractivity contribution in [2.45, 2.75) is 83.7 Å². The lowest BCUT2D eigenvalue weighted by molar-refractivity contribution is 0.0945. The highest BCUT2D eigenvalue weighted by Gasteiger charge is 2.33. The van der Waals surface area contributed by atoms with Crippen LogP contribution in [-0.2, 0) is 0 Å². The average Bonchev–Trinajstić information content (AvgIpc) is 3.15. The summed E-state index contributed by atoms with van der Waals surface area (Å²) in [5, 5.41) is 3.95. The van der Waals surface area contributed by atoms with Crippen LogP contribution in [0.5, 0.6) is 0 Å². The van der Waals surface area contributed by atoms with E-state index in [1.807, 2.05) is 0 Å². The molecule has 0 radical (unpaired) electrons. The van der Waals surface area contributed by atoms with Gasteiger partial charge in [-0.1, -0.05) is 32.6 Å². The summed E-state index contributed by atoms with van der Waals surface area (Å²) in [6, 6.07) is 1.53. The van der Waals surface area contributed by atoms with Gasteiger partial charge in [0.25, 0.3) is 0 Å². The van der Waals surface area contributed by atoms with Crippen molar-refractivity contribution >= 4 is 0 Å². The van der Waals surface area contributed by atoms with Crippen LogP contribution >= 0.6 is 0 Å². The first kappa shape index (κ1) is 15.8. The molecule has 3 rings (SSSR count). The Morgan fingerprint density at radius 2 is 1.76 bits per heavy atom. The van der Waals surface area contributed by atoms with Gasteiger partial charge in [-0.25, -0.2) is 0 Å². The summed E-state index contributed by atoms with van der Waals surface area (Å²) in [7, 11) is 0. The average molecular weight is 293 g/mol. The topological polar surface area (TPSA) is 15.3 Å². The molecule has 3 atom stereocenters. The lowest BCUT2D eigenvalue weighted by Gasteiger charge is -2.41. The SMILES string of the molecule is CCC(C)N1CC(CC2CC2)CC(NCC2CCCC2)C1. The zero-order valence-corrected chi connectivity index (χ0v) is 14.3. The molecule has 0 bridgehead atoms. The van der Waals surface area contributed by atoms with E-state index >= 15 is 0 Å². The molecule has 1 aliphatic heterocycles. The highest BCUT2D eigenvalue weighted by atomic mass is 15.2. The Morgan fingerprint density at radius 1 is 1.00 bits per heavy atom. The van der Waals surface area contributed by atoms with Gasteiger partial charge < -0.3 is 5.32 Å². The highest BCUT2D eigenvalue weighted by Crippen LogP contribution is 2.38. The molecule has 2 heteroatoms. The molecule has 0 aromatic rings. The first-order chi connectivity index (χ1) is 10.2. The molecule has 3 unspecified atom stereocenters. The lowest BCUT2D eigenvalue weighted by Crippen LogP contribution is -2.52. The predicted molar refractivity (Wildman–Crippen MR) is 90.5 cm³/mol. The zero-order valence-electron chi connectivity index (χ0n) is 14.3. The van der Waals surface area contributed by atoms with E-state index in [0.29, 0.717) is 0 Å². The van der Waals surface area contributed by atoms with Crippen molar-refractivity contribution in [3.8, 4) is 0 Å². The molecule has 2 saturated carbocycles. The molecule has 1 N–H and O–H groups in total. The van der Waals surface area contributed by atoms with Crippen LogP contribution in [0.15, 0.2) is 0 Å². The molecule has 122 valence electrons. The van der Waals surface area contributed by atoms with Crippen molar-refractivity contribution in [1.29, 1.82) is 0 Å². The second kappa shape index (κ2) is 7.46. The van der Waals surface area contributed by atoms with E-state index in [1.165, 1.54) is 77.4 Å². The highest BCUT2D eigenvalue weighted by molar-refractivity contribution is 4.89. The standard InChI is InChI=1S/C19H36N2/c1-3-15(2)21-13-18(10-16-8-9-16)11-19(14-21)20-12-17-6-4-5-7-17/h15-20H,3-14H2,1-2H3. The van der Waals surface area contributed by atoms with Crippen LogP contribution in [0, 0.1) is 17.8 Å². The van der Waals surface area contributed by atoms with Gasteiger partial charge in [-0.05, 0) is 63.3 Å². The summed E-state index contributed by atoms with van der Waals surface area (Å²) in [6.07, 6.45) is 13.2. The fourth-order valence-electron chi connectivity index (χ4n) is 4.55. The Bertz CT molecular complexity index is 307. The van der Waals surface area contributed by atoms with E-state index in [1.54, 1.807) is 0 Å². The number of rotatable bonds is 7. The maximum Gasteiger partial charge on any atom is 0.0198 e. The van der Waals surface area contributed by atoms with Crippen LogP contribution in [0.2, 0.25) is 0 Å². The van der Waals surface area contributed by atoms with E-state index in [-0.39, 0.29) is 0 Å². The van der Waals surface area contributed by atoms with Crippen LogP contribution in [0.1, 0.15) is 71.6 Å². The Hall–Kier alpha value is -0.0800. The minimum absolute atomic E-state index is 0.761. The molecule has 0 amide bonds. The van der Waals surface area contributed by atoms with Gasteiger partial charge in [0.2, 0.25) is 0 Å². The van der Waals surface area contributed by atoms with E-state index in [0.717, 1.165) is 29.8 Å². The van der Waals surface area contributed by atoms with E-state index in [4.69, 9.17) is 0 Å². The van der Waals surface area contributed by atoms with Crippen LogP contribution in [-0.4, -0.2) is 36.6 Å². The van der Waals surface area contributed by atoms with Crippen molar-refractivity contribution in [3.63, 3.8) is 0 Å². The molecule has 0 aromatic carbocycles. The van der Waals surface area contributed by atoms with Gasteiger partial charge in [0.05, 0.1) is 0 Å². The Balaban J connectivity index is 1.50. The summed E-state index contributed by atoms with van der Waals surface area (Å²) in [6.45, 7) is 8.72. The summed E-state index contributed by atoms with van der Waals surface area (Å²) < 4.78 is 0. The smallest absolute Gasteiger partial charge is 0.0198 e. The zero-order chi connectivity index (χ0) is 14.7. The van der Waals surface area contributed by atoms with Crippen LogP contribution in [0.4, 0.5) is 0 Å². The third kappa shape index (κ3) is 4.69. The van der Waals surface area contributed by atoms with Crippen molar-refractivity contribution in [1.82, 2.24) is 10.2 Å². The van der Waals surface area contributed by atoms with Crippen molar-refractivity contribution in [2.75, 3.05) is 19.6 Å². The van der Waals surface area contributed by atoms with Crippen LogP contribution in [0.25, 0.3) is 0 Å². The first-order valence-corrected chi connectivity index (χ1v) is 9.72. The molecule has 2 nitrogen and oxygen atoms in total. The molecule has 2 aliphatic carbocycles. The third-order valence-corrected chi connectivity index (χ3v) is 6.31. The Kier molecular flexibility index (Phi) is 5.61. The molecule has 1 saturated heterocycles. The van der Waals surface area contributed by atoms with Gasteiger partial charge in [-0.3, -0.25) is 4.90 Å². The Morgan fingerprint density at radius 3 is 2.43 bits per heavy atom. The normalized spacial score (nSPS) is 33.4. The number of hydrogen-bond donors (Lipinski definition) is 1. The quantitative estimate of drug-likeness (QED) is 0.761. The molecule has 1 heterocycles. The van der Waals surface area contributed by atoms with Crippen LogP contribution in [0.3, 0.4) is 0 Å². The summed E-state index contributed by atoms with van der Waals surface area (Å²) in [4.78, 5) is 2.78. The van der Waals surface area contributed by atoms with Crippen molar-refractivity contribution < 1.29 is 0 Å². The van der Waals surface area contributed by atoms with Gasteiger partial charge in [0, 0.05) is 25.2 Å². The monoisotopic (exact) mass is 292 g/mol. The van der Waals surface area contributed by atoms with Crippen molar-refractivity contribution in [3.05, 3.63) is 0 Å². The maximum absolute atomic E-state index is 3.95. The third-order valence-electron chi connectivity index (χ3n) is 6.31. The van der Waals surface area contributed by atoms with Gasteiger partial charge in [-0.2, -0.15) is 0 Å². The summed E-state index contributed by atoms with van der Waals surface area (Å²) in [5.41, 5.74) is 0. The lowest BCUT2D eigenvalue weighted by atomic mass is 9.88. The molecule has 3 aliphatic rings. The van der Waals surface area contributed by atoms with Gasteiger partial charge in [0.15, 0.2) is 0 Å². The molecule has 0 spiro atoms. The summed E-state index contributed by atoms with van der Waals surface area (Å²) in [5.74, 6) is 3.02. The first-order valence-electron chi connectivity index (χ1n) is 9.72. The van der Waals surface area contributed by atoms with E-state index < -0.39 is 0 Å². The van der Waals surface area contributed by atoms with Crippen LogP contribution < -0.4 is 5.32 Å². The molecular formula is C19H36N2. The molecule has 0 aromatic heterocycles. The predicted octanol–water partition coefficient (Wildman–Crippen LogP) is 4.06. The number of piperidine rings is 1.